The molecule has 0 aliphatic carbocycles. The summed E-state index contributed by atoms with van der Waals surface area (Å²) in [5.41, 5.74) is 2.22. The van der Waals surface area contributed by atoms with Gasteiger partial charge in [0, 0.05) is 24.7 Å². The van der Waals surface area contributed by atoms with Gasteiger partial charge < -0.3 is 4.74 Å². The number of ether oxygens (including phenoxy) is 1. The quantitative estimate of drug-likeness (QED) is 0.814. The standard InChI is InChI=1S/C18H22N2O2/c1-2-22-18(21)16-7-5-9-20(13-16)12-14-10-15-6-3-4-8-17(15)19-11-14/h3-4,6,8,10-11,16H,2,5,7,9,12-13H2,1H3. The fraction of sp³-hybridized carbons (Fsp3) is 0.444. The van der Waals surface area contributed by atoms with E-state index in [1.807, 2.05) is 31.3 Å². The largest absolute Gasteiger partial charge is 0.466 e. The highest BCUT2D eigenvalue weighted by Crippen LogP contribution is 2.21. The lowest BCUT2D eigenvalue weighted by Gasteiger charge is -2.31. The van der Waals surface area contributed by atoms with Gasteiger partial charge in [0.15, 0.2) is 0 Å². The molecule has 1 unspecified atom stereocenters. The summed E-state index contributed by atoms with van der Waals surface area (Å²) < 4.78 is 5.16. The number of hydrogen-bond donors (Lipinski definition) is 0. The number of pyridine rings is 1. The first-order valence-corrected chi connectivity index (χ1v) is 7.99. The average molecular weight is 298 g/mol. The van der Waals surface area contributed by atoms with E-state index < -0.39 is 0 Å². The molecule has 0 saturated carbocycles. The molecule has 1 saturated heterocycles. The molecule has 22 heavy (non-hydrogen) atoms. The molecule has 1 aromatic heterocycles. The molecule has 0 bridgehead atoms. The minimum absolute atomic E-state index is 0.0158. The minimum Gasteiger partial charge on any atom is -0.466 e. The molecule has 2 aromatic rings. The van der Waals surface area contributed by atoms with Gasteiger partial charge in [0.25, 0.3) is 0 Å². The van der Waals surface area contributed by atoms with Crippen LogP contribution in [0.25, 0.3) is 10.9 Å². The molecule has 1 fully saturated rings. The van der Waals surface area contributed by atoms with Crippen LogP contribution in [0.3, 0.4) is 0 Å². The first-order valence-electron chi connectivity index (χ1n) is 7.99. The third-order valence-electron chi connectivity index (χ3n) is 4.18. The van der Waals surface area contributed by atoms with Crippen LogP contribution in [-0.2, 0) is 16.1 Å². The number of hydrogen-bond acceptors (Lipinski definition) is 4. The van der Waals surface area contributed by atoms with E-state index in [9.17, 15) is 4.79 Å². The van der Waals surface area contributed by atoms with Gasteiger partial charge in [-0.1, -0.05) is 18.2 Å². The fourth-order valence-corrected chi connectivity index (χ4v) is 3.11. The van der Waals surface area contributed by atoms with Gasteiger partial charge in [0.1, 0.15) is 0 Å². The molecule has 1 aromatic carbocycles. The second-order valence-corrected chi connectivity index (χ2v) is 5.86. The van der Waals surface area contributed by atoms with E-state index in [1.54, 1.807) is 0 Å². The van der Waals surface area contributed by atoms with Crippen LogP contribution in [0.4, 0.5) is 0 Å². The number of piperidine rings is 1. The van der Waals surface area contributed by atoms with Crippen molar-refractivity contribution in [1.82, 2.24) is 9.88 Å². The Balaban J connectivity index is 1.67. The minimum atomic E-state index is -0.0520. The van der Waals surface area contributed by atoms with Gasteiger partial charge in [-0.05, 0) is 44.0 Å². The summed E-state index contributed by atoms with van der Waals surface area (Å²) in [5, 5.41) is 1.17. The van der Waals surface area contributed by atoms with Crippen LogP contribution in [0.1, 0.15) is 25.3 Å². The first kappa shape index (κ1) is 15.0. The van der Waals surface area contributed by atoms with E-state index in [0.717, 1.165) is 38.0 Å². The molecule has 2 heterocycles. The van der Waals surface area contributed by atoms with Crippen molar-refractivity contribution in [2.75, 3.05) is 19.7 Å². The second-order valence-electron chi connectivity index (χ2n) is 5.86. The number of aromatic nitrogens is 1. The molecule has 1 aliphatic rings. The number of carbonyl (C=O) groups excluding carboxylic acids is 1. The Morgan fingerprint density at radius 3 is 3.14 bits per heavy atom. The van der Waals surface area contributed by atoms with Crippen LogP contribution >= 0.6 is 0 Å². The van der Waals surface area contributed by atoms with Crippen molar-refractivity contribution in [2.45, 2.75) is 26.3 Å². The maximum atomic E-state index is 11.9. The highest BCUT2D eigenvalue weighted by atomic mass is 16.5. The Labute approximate surface area is 131 Å². The highest BCUT2D eigenvalue weighted by molar-refractivity contribution is 5.78. The normalized spacial score (nSPS) is 19.2. The Kier molecular flexibility index (Phi) is 4.68. The van der Waals surface area contributed by atoms with E-state index >= 15 is 0 Å². The number of esters is 1. The van der Waals surface area contributed by atoms with Gasteiger partial charge >= 0.3 is 5.97 Å². The zero-order valence-electron chi connectivity index (χ0n) is 13.0. The SMILES string of the molecule is CCOC(=O)C1CCCN(Cc2cnc3ccccc3c2)C1. The van der Waals surface area contributed by atoms with Crippen LogP contribution in [0.2, 0.25) is 0 Å². The van der Waals surface area contributed by atoms with E-state index in [0.29, 0.717) is 6.61 Å². The zero-order chi connectivity index (χ0) is 15.4. The molecule has 0 radical (unpaired) electrons. The van der Waals surface area contributed by atoms with Crippen molar-refractivity contribution in [3.05, 3.63) is 42.1 Å². The summed E-state index contributed by atoms with van der Waals surface area (Å²) in [4.78, 5) is 18.8. The lowest BCUT2D eigenvalue weighted by molar-refractivity contribution is -0.150. The number of fused-ring (bicyclic) bond motifs is 1. The smallest absolute Gasteiger partial charge is 0.310 e. The maximum absolute atomic E-state index is 11.9. The molecule has 0 N–H and O–H groups in total. The van der Waals surface area contributed by atoms with Gasteiger partial charge in [-0.2, -0.15) is 0 Å². The number of carbonyl (C=O) groups is 1. The van der Waals surface area contributed by atoms with Crippen molar-refractivity contribution >= 4 is 16.9 Å². The molecule has 1 aliphatic heterocycles. The monoisotopic (exact) mass is 298 g/mol. The second kappa shape index (κ2) is 6.88. The fourth-order valence-electron chi connectivity index (χ4n) is 3.11. The van der Waals surface area contributed by atoms with Gasteiger partial charge in [-0.25, -0.2) is 0 Å². The lowest BCUT2D eigenvalue weighted by atomic mass is 9.98. The number of likely N-dealkylation sites (tertiary alicyclic amines) is 1. The summed E-state index contributed by atoms with van der Waals surface area (Å²) in [5.74, 6) is -0.0362. The summed E-state index contributed by atoms with van der Waals surface area (Å²) in [6.07, 6.45) is 3.92. The van der Waals surface area contributed by atoms with Crippen LogP contribution in [-0.4, -0.2) is 35.5 Å². The predicted octanol–water partition coefficient (Wildman–Crippen LogP) is 3.01. The number of rotatable bonds is 4. The first-order chi connectivity index (χ1) is 10.8. The van der Waals surface area contributed by atoms with Gasteiger partial charge in [0.05, 0.1) is 18.0 Å². The molecule has 4 heteroatoms. The van der Waals surface area contributed by atoms with Gasteiger partial charge in [0.2, 0.25) is 0 Å². The van der Waals surface area contributed by atoms with Crippen LogP contribution in [0, 0.1) is 5.92 Å². The molecule has 116 valence electrons. The summed E-state index contributed by atoms with van der Waals surface area (Å²) in [6.45, 7) is 4.98. The lowest BCUT2D eigenvalue weighted by Crippen LogP contribution is -2.38. The third kappa shape index (κ3) is 3.45. The van der Waals surface area contributed by atoms with E-state index in [2.05, 4.69) is 22.0 Å². The molecular formula is C18H22N2O2. The van der Waals surface area contributed by atoms with Crippen LogP contribution in [0.15, 0.2) is 36.5 Å². The van der Waals surface area contributed by atoms with Crippen molar-refractivity contribution in [1.29, 1.82) is 0 Å². The van der Waals surface area contributed by atoms with Crippen LogP contribution in [0.5, 0.6) is 0 Å². The summed E-state index contributed by atoms with van der Waals surface area (Å²) in [7, 11) is 0. The number of para-hydroxylation sites is 1. The number of nitrogens with zero attached hydrogens (tertiary/aromatic N) is 2. The molecule has 1 atom stereocenters. The van der Waals surface area contributed by atoms with E-state index in [-0.39, 0.29) is 11.9 Å². The molecular weight excluding hydrogens is 276 g/mol. The molecule has 3 rings (SSSR count). The van der Waals surface area contributed by atoms with Crippen molar-refractivity contribution < 1.29 is 9.53 Å². The Morgan fingerprint density at radius 2 is 2.27 bits per heavy atom. The van der Waals surface area contributed by atoms with Gasteiger partial charge in [-0.3, -0.25) is 14.7 Å². The van der Waals surface area contributed by atoms with Crippen LogP contribution < -0.4 is 0 Å². The van der Waals surface area contributed by atoms with Crippen molar-refractivity contribution in [2.24, 2.45) is 5.92 Å². The molecule has 0 spiro atoms. The molecule has 0 amide bonds. The predicted molar refractivity (Wildman–Crippen MR) is 86.4 cm³/mol. The molecule has 4 nitrogen and oxygen atoms in total. The topological polar surface area (TPSA) is 42.4 Å². The Morgan fingerprint density at radius 1 is 1.41 bits per heavy atom. The van der Waals surface area contributed by atoms with Gasteiger partial charge in [-0.15, -0.1) is 0 Å². The maximum Gasteiger partial charge on any atom is 0.310 e. The summed E-state index contributed by atoms with van der Waals surface area (Å²) in [6, 6.07) is 10.3. The zero-order valence-corrected chi connectivity index (χ0v) is 13.0. The highest BCUT2D eigenvalue weighted by Gasteiger charge is 2.26. The van der Waals surface area contributed by atoms with E-state index in [4.69, 9.17) is 4.74 Å². The number of benzene rings is 1. The van der Waals surface area contributed by atoms with E-state index in [1.165, 1.54) is 10.9 Å². The average Bonchev–Trinajstić information content (AvgIpc) is 2.55. The Bertz CT molecular complexity index is 656. The third-order valence-corrected chi connectivity index (χ3v) is 4.18. The van der Waals surface area contributed by atoms with Crippen molar-refractivity contribution in [3.63, 3.8) is 0 Å². The van der Waals surface area contributed by atoms with Crippen molar-refractivity contribution in [3.8, 4) is 0 Å². The Hall–Kier alpha value is -1.94. The summed E-state index contributed by atoms with van der Waals surface area (Å²) >= 11 is 0.